The molecule has 0 saturated carbocycles. The van der Waals surface area contributed by atoms with Crippen molar-refractivity contribution in [3.63, 3.8) is 0 Å². The molecule has 0 spiro atoms. The van der Waals surface area contributed by atoms with Crippen LogP contribution in [0.15, 0.2) is 24.3 Å². The van der Waals surface area contributed by atoms with Gasteiger partial charge < -0.3 is 5.32 Å². The van der Waals surface area contributed by atoms with Crippen LogP contribution in [-0.2, 0) is 13.1 Å². The van der Waals surface area contributed by atoms with Crippen LogP contribution < -0.4 is 5.32 Å². The van der Waals surface area contributed by atoms with E-state index in [2.05, 4.69) is 48.3 Å². The minimum atomic E-state index is 0.581. The number of rotatable bonds is 6. The molecule has 1 heterocycles. The molecule has 1 fully saturated rings. The van der Waals surface area contributed by atoms with Gasteiger partial charge in [0.1, 0.15) is 0 Å². The van der Waals surface area contributed by atoms with Crippen molar-refractivity contribution in [1.29, 1.82) is 0 Å². The molecule has 0 aliphatic carbocycles. The summed E-state index contributed by atoms with van der Waals surface area (Å²) >= 11 is 0. The quantitative estimate of drug-likeness (QED) is 0.843. The van der Waals surface area contributed by atoms with Gasteiger partial charge in [-0.15, -0.1) is 0 Å². The predicted molar refractivity (Wildman–Crippen MR) is 82.1 cm³/mol. The third-order valence-corrected chi connectivity index (χ3v) is 4.90. The first-order valence-corrected chi connectivity index (χ1v) is 7.67. The SMILES string of the molecule is CCC1(CC)CCN(Cc2ccccc2CNC)C1. The number of nitrogens with one attached hydrogen (secondary N) is 1. The lowest BCUT2D eigenvalue weighted by Crippen LogP contribution is -2.26. The first kappa shape index (κ1) is 14.5. The largest absolute Gasteiger partial charge is 0.316 e. The van der Waals surface area contributed by atoms with E-state index in [0.717, 1.165) is 13.1 Å². The Morgan fingerprint density at radius 1 is 1.16 bits per heavy atom. The molecule has 19 heavy (non-hydrogen) atoms. The predicted octanol–water partition coefficient (Wildman–Crippen LogP) is 3.42. The van der Waals surface area contributed by atoms with Crippen molar-refractivity contribution in [2.45, 2.75) is 46.2 Å². The average molecular weight is 260 g/mol. The summed E-state index contributed by atoms with van der Waals surface area (Å²) in [5, 5.41) is 3.27. The Labute approximate surface area is 118 Å². The third kappa shape index (κ3) is 3.37. The maximum absolute atomic E-state index is 3.27. The molecule has 0 unspecified atom stereocenters. The van der Waals surface area contributed by atoms with Gasteiger partial charge in [0.15, 0.2) is 0 Å². The van der Waals surface area contributed by atoms with Gasteiger partial charge in [0.2, 0.25) is 0 Å². The van der Waals surface area contributed by atoms with E-state index in [1.54, 1.807) is 0 Å². The Balaban J connectivity index is 2.03. The molecule has 1 N–H and O–H groups in total. The number of nitrogens with zero attached hydrogens (tertiary/aromatic N) is 1. The van der Waals surface area contributed by atoms with Crippen molar-refractivity contribution in [3.05, 3.63) is 35.4 Å². The molecule has 0 atom stereocenters. The van der Waals surface area contributed by atoms with Crippen LogP contribution in [0.5, 0.6) is 0 Å². The number of likely N-dealkylation sites (tertiary alicyclic amines) is 1. The summed E-state index contributed by atoms with van der Waals surface area (Å²) in [6, 6.07) is 8.83. The molecule has 2 nitrogen and oxygen atoms in total. The second-order valence-electron chi connectivity index (χ2n) is 5.97. The minimum absolute atomic E-state index is 0.581. The van der Waals surface area contributed by atoms with Crippen LogP contribution in [0.25, 0.3) is 0 Å². The summed E-state index contributed by atoms with van der Waals surface area (Å²) < 4.78 is 0. The molecule has 1 aliphatic heterocycles. The lowest BCUT2D eigenvalue weighted by molar-refractivity contribution is 0.236. The average Bonchev–Trinajstić information content (AvgIpc) is 2.85. The molecule has 0 bridgehead atoms. The van der Waals surface area contributed by atoms with E-state index < -0.39 is 0 Å². The van der Waals surface area contributed by atoms with Crippen molar-refractivity contribution in [2.75, 3.05) is 20.1 Å². The fraction of sp³-hybridized carbons (Fsp3) is 0.647. The van der Waals surface area contributed by atoms with Gasteiger partial charge >= 0.3 is 0 Å². The molecule has 0 aromatic heterocycles. The van der Waals surface area contributed by atoms with Crippen molar-refractivity contribution in [1.82, 2.24) is 10.2 Å². The second kappa shape index (κ2) is 6.53. The first-order valence-electron chi connectivity index (χ1n) is 7.67. The fourth-order valence-corrected chi connectivity index (χ4v) is 3.31. The second-order valence-corrected chi connectivity index (χ2v) is 5.97. The Morgan fingerprint density at radius 2 is 1.84 bits per heavy atom. The zero-order valence-electron chi connectivity index (χ0n) is 12.7. The fourth-order valence-electron chi connectivity index (χ4n) is 3.31. The summed E-state index contributed by atoms with van der Waals surface area (Å²) in [6.07, 6.45) is 4.00. The Kier molecular flexibility index (Phi) is 5.00. The highest BCUT2D eigenvalue weighted by atomic mass is 15.2. The maximum atomic E-state index is 3.27. The normalized spacial score (nSPS) is 18.9. The third-order valence-electron chi connectivity index (χ3n) is 4.90. The number of benzene rings is 1. The molecule has 2 rings (SSSR count). The van der Waals surface area contributed by atoms with Crippen molar-refractivity contribution in [3.8, 4) is 0 Å². The highest BCUT2D eigenvalue weighted by molar-refractivity contribution is 5.27. The number of hydrogen-bond acceptors (Lipinski definition) is 2. The zero-order valence-corrected chi connectivity index (χ0v) is 12.7. The zero-order chi connectivity index (χ0) is 13.7. The molecule has 0 radical (unpaired) electrons. The summed E-state index contributed by atoms with van der Waals surface area (Å²) in [5.74, 6) is 0. The Hall–Kier alpha value is -0.860. The van der Waals surface area contributed by atoms with Gasteiger partial charge in [0.25, 0.3) is 0 Å². The van der Waals surface area contributed by atoms with Gasteiger partial charge in [-0.25, -0.2) is 0 Å². The molecule has 0 amide bonds. The van der Waals surface area contributed by atoms with Gasteiger partial charge in [-0.1, -0.05) is 38.1 Å². The summed E-state index contributed by atoms with van der Waals surface area (Å²) in [5.41, 5.74) is 3.51. The standard InChI is InChI=1S/C17H28N2/c1-4-17(5-2)10-11-19(14-17)13-16-9-7-6-8-15(16)12-18-3/h6-9,18H,4-5,10-14H2,1-3H3. The van der Waals surface area contributed by atoms with Crippen LogP contribution in [0, 0.1) is 5.41 Å². The van der Waals surface area contributed by atoms with E-state index in [-0.39, 0.29) is 0 Å². The topological polar surface area (TPSA) is 15.3 Å². The van der Waals surface area contributed by atoms with E-state index in [1.165, 1.54) is 43.5 Å². The van der Waals surface area contributed by atoms with E-state index in [4.69, 9.17) is 0 Å². The molecule has 1 aromatic rings. The molecular formula is C17H28N2. The molecule has 1 aromatic carbocycles. The smallest absolute Gasteiger partial charge is 0.0237 e. The Morgan fingerprint density at radius 3 is 2.42 bits per heavy atom. The monoisotopic (exact) mass is 260 g/mol. The van der Waals surface area contributed by atoms with Crippen LogP contribution in [0.4, 0.5) is 0 Å². The summed E-state index contributed by atoms with van der Waals surface area (Å²) in [4.78, 5) is 2.64. The van der Waals surface area contributed by atoms with Crippen molar-refractivity contribution < 1.29 is 0 Å². The lowest BCUT2D eigenvalue weighted by Gasteiger charge is -2.26. The minimum Gasteiger partial charge on any atom is -0.316 e. The summed E-state index contributed by atoms with van der Waals surface area (Å²) in [7, 11) is 2.02. The van der Waals surface area contributed by atoms with Gasteiger partial charge in [-0.2, -0.15) is 0 Å². The maximum Gasteiger partial charge on any atom is 0.0237 e. The summed E-state index contributed by atoms with van der Waals surface area (Å²) in [6.45, 7) is 9.31. The van der Waals surface area contributed by atoms with Gasteiger partial charge in [0, 0.05) is 19.6 Å². The van der Waals surface area contributed by atoms with Crippen molar-refractivity contribution >= 4 is 0 Å². The van der Waals surface area contributed by atoms with Gasteiger partial charge in [-0.3, -0.25) is 4.90 Å². The van der Waals surface area contributed by atoms with E-state index in [0.29, 0.717) is 5.41 Å². The Bertz CT molecular complexity index is 396. The molecule has 1 aliphatic rings. The van der Waals surface area contributed by atoms with Crippen LogP contribution in [0.3, 0.4) is 0 Å². The van der Waals surface area contributed by atoms with Crippen LogP contribution >= 0.6 is 0 Å². The van der Waals surface area contributed by atoms with Crippen LogP contribution in [-0.4, -0.2) is 25.0 Å². The van der Waals surface area contributed by atoms with Gasteiger partial charge in [0.05, 0.1) is 0 Å². The lowest BCUT2D eigenvalue weighted by atomic mass is 9.82. The van der Waals surface area contributed by atoms with E-state index in [9.17, 15) is 0 Å². The molecule has 106 valence electrons. The first-order chi connectivity index (χ1) is 9.23. The molecule has 1 saturated heterocycles. The van der Waals surface area contributed by atoms with Crippen LogP contribution in [0.1, 0.15) is 44.2 Å². The van der Waals surface area contributed by atoms with E-state index in [1.807, 2.05) is 7.05 Å². The molecule has 2 heteroatoms. The van der Waals surface area contributed by atoms with Crippen LogP contribution in [0.2, 0.25) is 0 Å². The van der Waals surface area contributed by atoms with E-state index >= 15 is 0 Å². The van der Waals surface area contributed by atoms with Gasteiger partial charge in [-0.05, 0) is 49.4 Å². The number of hydrogen-bond donors (Lipinski definition) is 1. The highest BCUT2D eigenvalue weighted by Gasteiger charge is 2.34. The highest BCUT2D eigenvalue weighted by Crippen LogP contribution is 2.37. The van der Waals surface area contributed by atoms with Crippen molar-refractivity contribution in [2.24, 2.45) is 5.41 Å². The molecular weight excluding hydrogens is 232 g/mol.